The van der Waals surface area contributed by atoms with Gasteiger partial charge in [0.2, 0.25) is 0 Å². The minimum Gasteiger partial charge on any atom is -0.366 e. The molecule has 1 aliphatic heterocycles. The first-order valence-corrected chi connectivity index (χ1v) is 8.10. The quantitative estimate of drug-likeness (QED) is 0.688. The van der Waals surface area contributed by atoms with Gasteiger partial charge in [-0.1, -0.05) is 49.0 Å². The van der Waals surface area contributed by atoms with E-state index in [1.807, 2.05) is 35.2 Å². The van der Waals surface area contributed by atoms with E-state index >= 15 is 0 Å². The van der Waals surface area contributed by atoms with Gasteiger partial charge in [0.25, 0.3) is 5.69 Å². The van der Waals surface area contributed by atoms with E-state index in [0.29, 0.717) is 12.3 Å². The lowest BCUT2D eigenvalue weighted by atomic mass is 10.0. The molecule has 0 spiro atoms. The van der Waals surface area contributed by atoms with Crippen LogP contribution in [0, 0.1) is 10.1 Å². The zero-order valence-corrected chi connectivity index (χ0v) is 13.2. The van der Waals surface area contributed by atoms with Gasteiger partial charge in [-0.05, 0) is 5.56 Å². The number of non-ortho nitro benzene ring substituents is 1. The van der Waals surface area contributed by atoms with Gasteiger partial charge in [0.1, 0.15) is 0 Å². The van der Waals surface area contributed by atoms with Gasteiger partial charge in [-0.2, -0.15) is 0 Å². The monoisotopic (exact) mass is 328 g/mol. The van der Waals surface area contributed by atoms with E-state index in [9.17, 15) is 15.2 Å². The zero-order chi connectivity index (χ0) is 16.4. The van der Waals surface area contributed by atoms with Gasteiger partial charge in [-0.15, -0.1) is 11.8 Å². The number of nitrogens with zero attached hydrogens (tertiary/aromatic N) is 2. The first-order chi connectivity index (χ1) is 11.0. The van der Waals surface area contributed by atoms with Crippen LogP contribution in [-0.2, 0) is 12.3 Å². The summed E-state index contributed by atoms with van der Waals surface area (Å²) in [5.74, 6) is 0.503. The Balaban J connectivity index is 1.87. The average molecular weight is 328 g/mol. The van der Waals surface area contributed by atoms with Gasteiger partial charge >= 0.3 is 0 Å². The highest BCUT2D eigenvalue weighted by Gasteiger charge is 2.42. The van der Waals surface area contributed by atoms with Crippen molar-refractivity contribution < 1.29 is 10.0 Å². The molecule has 0 radical (unpaired) electrons. The molecule has 3 rings (SSSR count). The van der Waals surface area contributed by atoms with Crippen LogP contribution >= 0.6 is 11.8 Å². The predicted molar refractivity (Wildman–Crippen MR) is 90.6 cm³/mol. The van der Waals surface area contributed by atoms with Crippen LogP contribution in [0.4, 0.5) is 5.69 Å². The van der Waals surface area contributed by atoms with Crippen molar-refractivity contribution in [2.24, 2.45) is 0 Å². The molecule has 118 valence electrons. The van der Waals surface area contributed by atoms with Crippen molar-refractivity contribution in [2.75, 3.05) is 5.75 Å². The molecule has 0 bridgehead atoms. The second-order valence-corrected chi connectivity index (χ2v) is 6.42. The van der Waals surface area contributed by atoms with Crippen molar-refractivity contribution in [3.8, 4) is 0 Å². The standard InChI is InChI=1S/C17H16N2O3S/c1-13-18(11-14-7-9-16(10-8-14)19(21)22)17(20,12-23-13)15-5-3-2-4-6-15/h2-10,20H,1,11-12H2. The molecule has 23 heavy (non-hydrogen) atoms. The Labute approximate surface area is 138 Å². The summed E-state index contributed by atoms with van der Waals surface area (Å²) < 4.78 is 0. The number of nitro benzene ring substituents is 1. The molecule has 1 unspecified atom stereocenters. The highest BCUT2D eigenvalue weighted by atomic mass is 32.2. The van der Waals surface area contributed by atoms with Crippen molar-refractivity contribution in [3.05, 3.63) is 87.4 Å². The highest BCUT2D eigenvalue weighted by Crippen LogP contribution is 2.44. The molecule has 1 aliphatic rings. The van der Waals surface area contributed by atoms with Crippen LogP contribution in [0.15, 0.2) is 66.2 Å². The normalized spacial score (nSPS) is 20.7. The van der Waals surface area contributed by atoms with E-state index in [0.717, 1.165) is 16.2 Å². The molecule has 2 aromatic rings. The molecule has 2 aromatic carbocycles. The third-order valence-electron chi connectivity index (χ3n) is 3.91. The number of nitro groups is 1. The van der Waals surface area contributed by atoms with Gasteiger partial charge in [0.05, 0.1) is 15.7 Å². The fourth-order valence-electron chi connectivity index (χ4n) is 2.61. The topological polar surface area (TPSA) is 66.6 Å². The van der Waals surface area contributed by atoms with E-state index in [-0.39, 0.29) is 5.69 Å². The van der Waals surface area contributed by atoms with Crippen LogP contribution in [0.5, 0.6) is 0 Å². The number of benzene rings is 2. The van der Waals surface area contributed by atoms with E-state index in [1.54, 1.807) is 12.1 Å². The Morgan fingerprint density at radius 2 is 1.87 bits per heavy atom. The molecular weight excluding hydrogens is 312 g/mol. The molecule has 1 heterocycles. The minimum atomic E-state index is -1.12. The molecule has 0 aromatic heterocycles. The predicted octanol–water partition coefficient (Wildman–Crippen LogP) is 3.46. The third kappa shape index (κ3) is 2.95. The molecule has 1 saturated heterocycles. The Morgan fingerprint density at radius 3 is 2.48 bits per heavy atom. The highest BCUT2D eigenvalue weighted by molar-refractivity contribution is 8.03. The maximum absolute atomic E-state index is 11.1. The summed E-state index contributed by atoms with van der Waals surface area (Å²) in [6, 6.07) is 15.8. The summed E-state index contributed by atoms with van der Waals surface area (Å²) in [5, 5.41) is 22.7. The van der Waals surface area contributed by atoms with Crippen molar-refractivity contribution in [2.45, 2.75) is 12.3 Å². The van der Waals surface area contributed by atoms with Crippen LogP contribution in [0.1, 0.15) is 11.1 Å². The van der Waals surface area contributed by atoms with Crippen LogP contribution in [-0.4, -0.2) is 20.7 Å². The summed E-state index contributed by atoms with van der Waals surface area (Å²) in [5.41, 5.74) is 0.633. The Kier molecular flexibility index (Phi) is 4.11. The third-order valence-corrected chi connectivity index (χ3v) is 5.01. The number of hydrogen-bond acceptors (Lipinski definition) is 5. The summed E-state index contributed by atoms with van der Waals surface area (Å²) in [7, 11) is 0. The molecule has 0 aliphatic carbocycles. The summed E-state index contributed by atoms with van der Waals surface area (Å²) in [4.78, 5) is 12.2. The molecule has 1 fully saturated rings. The summed E-state index contributed by atoms with van der Waals surface area (Å²) in [6.07, 6.45) is 0. The minimum absolute atomic E-state index is 0.0571. The lowest BCUT2D eigenvalue weighted by Gasteiger charge is -2.35. The first kappa shape index (κ1) is 15.6. The summed E-state index contributed by atoms with van der Waals surface area (Å²) >= 11 is 1.51. The smallest absolute Gasteiger partial charge is 0.269 e. The van der Waals surface area contributed by atoms with Crippen LogP contribution in [0.25, 0.3) is 0 Å². The van der Waals surface area contributed by atoms with E-state index in [1.165, 1.54) is 23.9 Å². The molecule has 1 N–H and O–H groups in total. The zero-order valence-electron chi connectivity index (χ0n) is 12.4. The SMILES string of the molecule is C=C1SCC(O)(c2ccccc2)N1Cc1ccc([N+](=O)[O-])cc1. The van der Waals surface area contributed by atoms with Gasteiger partial charge in [0.15, 0.2) is 5.72 Å². The maximum atomic E-state index is 11.1. The largest absolute Gasteiger partial charge is 0.366 e. The maximum Gasteiger partial charge on any atom is 0.269 e. The fraction of sp³-hybridized carbons (Fsp3) is 0.176. The van der Waals surface area contributed by atoms with Crippen molar-refractivity contribution in [3.63, 3.8) is 0 Å². The van der Waals surface area contributed by atoms with Gasteiger partial charge in [-0.3, -0.25) is 10.1 Å². The van der Waals surface area contributed by atoms with Crippen LogP contribution in [0.2, 0.25) is 0 Å². The fourth-order valence-corrected chi connectivity index (χ4v) is 3.68. The number of aliphatic hydroxyl groups is 1. The van der Waals surface area contributed by atoms with E-state index in [4.69, 9.17) is 0 Å². The van der Waals surface area contributed by atoms with Gasteiger partial charge in [-0.25, -0.2) is 0 Å². The summed E-state index contributed by atoms with van der Waals surface area (Å²) in [6.45, 7) is 4.46. The van der Waals surface area contributed by atoms with Crippen molar-refractivity contribution in [1.29, 1.82) is 0 Å². The molecule has 0 amide bonds. The molecule has 0 saturated carbocycles. The van der Waals surface area contributed by atoms with E-state index in [2.05, 4.69) is 6.58 Å². The van der Waals surface area contributed by atoms with Gasteiger partial charge < -0.3 is 10.0 Å². The van der Waals surface area contributed by atoms with Crippen LogP contribution in [0.3, 0.4) is 0 Å². The number of thioether (sulfide) groups is 1. The second kappa shape index (κ2) is 6.06. The molecular formula is C17H16N2O3S. The lowest BCUT2D eigenvalue weighted by Crippen LogP contribution is -2.41. The van der Waals surface area contributed by atoms with Crippen molar-refractivity contribution in [1.82, 2.24) is 4.90 Å². The number of rotatable bonds is 4. The Morgan fingerprint density at radius 1 is 1.22 bits per heavy atom. The second-order valence-electron chi connectivity index (χ2n) is 5.37. The first-order valence-electron chi connectivity index (χ1n) is 7.11. The van der Waals surface area contributed by atoms with Crippen LogP contribution < -0.4 is 0 Å². The van der Waals surface area contributed by atoms with Gasteiger partial charge in [0, 0.05) is 24.2 Å². The molecule has 1 atom stereocenters. The number of hydrogen-bond donors (Lipinski definition) is 1. The van der Waals surface area contributed by atoms with E-state index < -0.39 is 10.6 Å². The lowest BCUT2D eigenvalue weighted by molar-refractivity contribution is -0.384. The Bertz CT molecular complexity index is 733. The molecule has 6 heteroatoms. The average Bonchev–Trinajstić information content (AvgIpc) is 2.86. The molecule has 5 nitrogen and oxygen atoms in total. The Hall–Kier alpha value is -2.31. The van der Waals surface area contributed by atoms with Crippen molar-refractivity contribution >= 4 is 17.4 Å².